The molecule has 114 valence electrons. The van der Waals surface area contributed by atoms with Crippen molar-refractivity contribution >= 4 is 33.1 Å². The molecule has 21 heavy (non-hydrogen) atoms. The van der Waals surface area contributed by atoms with Crippen LogP contribution in [-0.4, -0.2) is 16.5 Å². The summed E-state index contributed by atoms with van der Waals surface area (Å²) in [7, 11) is 0. The van der Waals surface area contributed by atoms with Gasteiger partial charge in [0.15, 0.2) is 5.82 Å². The summed E-state index contributed by atoms with van der Waals surface area (Å²) in [5, 5.41) is 7.67. The molecule has 5 heteroatoms. The molecule has 0 saturated carbocycles. The van der Waals surface area contributed by atoms with Gasteiger partial charge in [-0.15, -0.1) is 0 Å². The maximum absolute atomic E-state index is 4.79. The van der Waals surface area contributed by atoms with Crippen LogP contribution in [0.5, 0.6) is 0 Å². The van der Waals surface area contributed by atoms with E-state index in [1.807, 2.05) is 0 Å². The third-order valence-corrected chi connectivity index (χ3v) is 4.86. The van der Waals surface area contributed by atoms with Crippen LogP contribution in [0.25, 0.3) is 11.4 Å². The predicted molar refractivity (Wildman–Crippen MR) is 95.1 cm³/mol. The first-order valence-corrected chi connectivity index (χ1v) is 9.10. The van der Waals surface area contributed by atoms with Gasteiger partial charge >= 0.3 is 0 Å². The monoisotopic (exact) mass is 367 g/mol. The number of nitrogens with one attached hydrogen (secondary N) is 1. The van der Waals surface area contributed by atoms with Gasteiger partial charge in [-0.2, -0.15) is 11.3 Å². The van der Waals surface area contributed by atoms with Gasteiger partial charge in [0.25, 0.3) is 0 Å². The van der Waals surface area contributed by atoms with Gasteiger partial charge in [0.05, 0.1) is 10.2 Å². The van der Waals surface area contributed by atoms with Crippen molar-refractivity contribution in [1.29, 1.82) is 0 Å². The Balaban J connectivity index is 2.47. The molecule has 2 heterocycles. The van der Waals surface area contributed by atoms with Gasteiger partial charge < -0.3 is 5.32 Å². The number of aromatic nitrogens is 2. The van der Waals surface area contributed by atoms with E-state index in [1.165, 1.54) is 5.56 Å². The molecule has 0 aliphatic carbocycles. The maximum Gasteiger partial charge on any atom is 0.162 e. The van der Waals surface area contributed by atoms with Crippen molar-refractivity contribution in [3.8, 4) is 11.4 Å². The van der Waals surface area contributed by atoms with Crippen molar-refractivity contribution in [3.05, 3.63) is 26.5 Å². The summed E-state index contributed by atoms with van der Waals surface area (Å²) in [6.45, 7) is 9.60. The van der Waals surface area contributed by atoms with E-state index in [-0.39, 0.29) is 0 Å². The van der Waals surface area contributed by atoms with E-state index in [0.717, 1.165) is 46.8 Å². The SMILES string of the molecule is CCCNc1nc(-c2cscc2C)nc(CC(C)C)c1Br. The molecule has 0 aromatic carbocycles. The average molecular weight is 368 g/mol. The molecule has 3 nitrogen and oxygen atoms in total. The highest BCUT2D eigenvalue weighted by Crippen LogP contribution is 2.31. The first kappa shape index (κ1) is 16.4. The summed E-state index contributed by atoms with van der Waals surface area (Å²) in [6, 6.07) is 0. The summed E-state index contributed by atoms with van der Waals surface area (Å²) in [6.07, 6.45) is 2.02. The second-order valence-electron chi connectivity index (χ2n) is 5.65. The molecule has 0 fully saturated rings. The third-order valence-electron chi connectivity index (χ3n) is 3.16. The largest absolute Gasteiger partial charge is 0.369 e. The van der Waals surface area contributed by atoms with Crippen LogP contribution in [0.15, 0.2) is 15.2 Å². The van der Waals surface area contributed by atoms with Gasteiger partial charge in [-0.3, -0.25) is 0 Å². The standard InChI is InChI=1S/C16H22BrN3S/c1-5-6-18-16-14(17)13(7-10(2)3)19-15(20-16)12-9-21-8-11(12)4/h8-10H,5-7H2,1-4H3,(H,18,19,20). The number of halogens is 1. The molecule has 0 aliphatic rings. The van der Waals surface area contributed by atoms with Crippen molar-refractivity contribution in [2.24, 2.45) is 5.92 Å². The number of aryl methyl sites for hydroxylation is 1. The molecule has 0 saturated heterocycles. The van der Waals surface area contributed by atoms with E-state index in [9.17, 15) is 0 Å². The van der Waals surface area contributed by atoms with Crippen LogP contribution < -0.4 is 5.32 Å². The molecule has 2 rings (SSSR count). The van der Waals surface area contributed by atoms with Crippen LogP contribution in [0.1, 0.15) is 38.4 Å². The highest BCUT2D eigenvalue weighted by molar-refractivity contribution is 9.10. The van der Waals surface area contributed by atoms with Crippen molar-refractivity contribution in [2.75, 3.05) is 11.9 Å². The Bertz CT molecular complexity index is 608. The zero-order valence-electron chi connectivity index (χ0n) is 13.0. The number of anilines is 1. The predicted octanol–water partition coefficient (Wildman–Crippen LogP) is 5.30. The zero-order valence-corrected chi connectivity index (χ0v) is 15.4. The van der Waals surface area contributed by atoms with Gasteiger partial charge in [0.1, 0.15) is 5.82 Å². The highest BCUT2D eigenvalue weighted by Gasteiger charge is 2.15. The maximum atomic E-state index is 4.79. The molecule has 0 radical (unpaired) electrons. The second kappa shape index (κ2) is 7.36. The molecule has 0 spiro atoms. The fraction of sp³-hybridized carbons (Fsp3) is 0.500. The van der Waals surface area contributed by atoms with Crippen LogP contribution in [0, 0.1) is 12.8 Å². The quantitative estimate of drug-likeness (QED) is 0.752. The molecule has 0 bridgehead atoms. The Morgan fingerprint density at radius 3 is 2.62 bits per heavy atom. The lowest BCUT2D eigenvalue weighted by atomic mass is 10.1. The third kappa shape index (κ3) is 4.04. The average Bonchev–Trinajstić information content (AvgIpc) is 2.85. The van der Waals surface area contributed by atoms with Gasteiger partial charge in [-0.05, 0) is 52.6 Å². The van der Waals surface area contributed by atoms with Gasteiger partial charge in [0.2, 0.25) is 0 Å². The van der Waals surface area contributed by atoms with Crippen molar-refractivity contribution in [3.63, 3.8) is 0 Å². The van der Waals surface area contributed by atoms with Crippen LogP contribution in [0.3, 0.4) is 0 Å². The minimum absolute atomic E-state index is 0.562. The Labute approximate surface area is 139 Å². The normalized spacial score (nSPS) is 11.1. The molecular weight excluding hydrogens is 346 g/mol. The lowest BCUT2D eigenvalue weighted by molar-refractivity contribution is 0.632. The first-order valence-electron chi connectivity index (χ1n) is 7.36. The minimum atomic E-state index is 0.562. The second-order valence-corrected chi connectivity index (χ2v) is 7.19. The molecule has 2 aromatic rings. The van der Waals surface area contributed by atoms with E-state index in [1.54, 1.807) is 11.3 Å². The number of hydrogen-bond donors (Lipinski definition) is 1. The molecule has 0 unspecified atom stereocenters. The summed E-state index contributed by atoms with van der Waals surface area (Å²) in [5.74, 6) is 2.29. The summed E-state index contributed by atoms with van der Waals surface area (Å²) in [5.41, 5.74) is 3.45. The van der Waals surface area contributed by atoms with Crippen molar-refractivity contribution in [1.82, 2.24) is 9.97 Å². The lowest BCUT2D eigenvalue weighted by Crippen LogP contribution is -2.09. The first-order chi connectivity index (χ1) is 10.0. The smallest absolute Gasteiger partial charge is 0.162 e. The number of thiophene rings is 1. The van der Waals surface area contributed by atoms with Gasteiger partial charge in [0, 0.05) is 17.5 Å². The van der Waals surface area contributed by atoms with Crippen LogP contribution in [0.2, 0.25) is 0 Å². The van der Waals surface area contributed by atoms with Crippen molar-refractivity contribution in [2.45, 2.75) is 40.5 Å². The number of nitrogens with zero attached hydrogens (tertiary/aromatic N) is 2. The van der Waals surface area contributed by atoms with E-state index in [0.29, 0.717) is 5.92 Å². The molecule has 1 N–H and O–H groups in total. The Morgan fingerprint density at radius 2 is 2.05 bits per heavy atom. The van der Waals surface area contributed by atoms with E-state index in [2.05, 4.69) is 59.7 Å². The van der Waals surface area contributed by atoms with Crippen LogP contribution >= 0.6 is 27.3 Å². The molecule has 2 aromatic heterocycles. The fourth-order valence-electron chi connectivity index (χ4n) is 2.09. The van der Waals surface area contributed by atoms with E-state index < -0.39 is 0 Å². The minimum Gasteiger partial charge on any atom is -0.369 e. The van der Waals surface area contributed by atoms with E-state index >= 15 is 0 Å². The fourth-order valence-corrected chi connectivity index (χ4v) is 3.39. The molecular formula is C16H22BrN3S. The molecule has 0 atom stereocenters. The van der Waals surface area contributed by atoms with Crippen LogP contribution in [0.4, 0.5) is 5.82 Å². The Hall–Kier alpha value is -0.940. The number of hydrogen-bond acceptors (Lipinski definition) is 4. The Kier molecular flexibility index (Phi) is 5.76. The Morgan fingerprint density at radius 1 is 1.29 bits per heavy atom. The van der Waals surface area contributed by atoms with Crippen LogP contribution in [-0.2, 0) is 6.42 Å². The van der Waals surface area contributed by atoms with Crippen molar-refractivity contribution < 1.29 is 0 Å². The molecule has 0 aliphatic heterocycles. The summed E-state index contributed by atoms with van der Waals surface area (Å²) < 4.78 is 1.00. The summed E-state index contributed by atoms with van der Waals surface area (Å²) >= 11 is 5.37. The zero-order chi connectivity index (χ0) is 15.4. The van der Waals surface area contributed by atoms with E-state index in [4.69, 9.17) is 9.97 Å². The lowest BCUT2D eigenvalue weighted by Gasteiger charge is -2.14. The topological polar surface area (TPSA) is 37.8 Å². The highest BCUT2D eigenvalue weighted by atomic mass is 79.9. The van der Waals surface area contributed by atoms with Gasteiger partial charge in [-0.25, -0.2) is 9.97 Å². The number of rotatable bonds is 6. The summed E-state index contributed by atoms with van der Waals surface area (Å²) in [4.78, 5) is 9.51. The van der Waals surface area contributed by atoms with Gasteiger partial charge in [-0.1, -0.05) is 20.8 Å². The molecule has 0 amide bonds.